The first-order valence-corrected chi connectivity index (χ1v) is 7.12. The van der Waals surface area contributed by atoms with Crippen LogP contribution in [0.3, 0.4) is 0 Å². The molecule has 0 aliphatic carbocycles. The summed E-state index contributed by atoms with van der Waals surface area (Å²) in [5.41, 5.74) is 0.744. The quantitative estimate of drug-likeness (QED) is 0.888. The van der Waals surface area contributed by atoms with E-state index in [4.69, 9.17) is 11.6 Å². The number of Topliss-reactive ketones (excluding diaryl/α,β-unsaturated/α-hetero) is 1. The van der Waals surface area contributed by atoms with Gasteiger partial charge in [0, 0.05) is 16.5 Å². The fourth-order valence-corrected chi connectivity index (χ4v) is 2.26. The zero-order chi connectivity index (χ0) is 14.6. The van der Waals surface area contributed by atoms with E-state index in [1.54, 1.807) is 0 Å². The summed E-state index contributed by atoms with van der Waals surface area (Å²) in [6, 6.07) is 7.81. The van der Waals surface area contributed by atoms with Crippen molar-refractivity contribution < 1.29 is 4.79 Å². The molecule has 0 saturated carbocycles. The van der Waals surface area contributed by atoms with Gasteiger partial charge in [-0.25, -0.2) is 0 Å². The van der Waals surface area contributed by atoms with Crippen LogP contribution in [-0.4, -0.2) is 17.9 Å². The minimum absolute atomic E-state index is 0.168. The second kappa shape index (κ2) is 6.53. The average Bonchev–Trinajstić information content (AvgIpc) is 2.25. The molecule has 0 saturated heterocycles. The molecule has 0 amide bonds. The lowest BCUT2D eigenvalue weighted by molar-refractivity contribution is -0.128. The molecule has 0 fully saturated rings. The van der Waals surface area contributed by atoms with Gasteiger partial charge in [0.1, 0.15) is 0 Å². The number of benzene rings is 1. The highest BCUT2D eigenvalue weighted by atomic mass is 35.5. The van der Waals surface area contributed by atoms with Gasteiger partial charge in [-0.05, 0) is 24.1 Å². The van der Waals surface area contributed by atoms with Gasteiger partial charge in [-0.3, -0.25) is 4.79 Å². The number of carbonyl (C=O) groups is 1. The van der Waals surface area contributed by atoms with E-state index in [2.05, 4.69) is 19.2 Å². The first-order valence-electron chi connectivity index (χ1n) is 6.75. The van der Waals surface area contributed by atoms with Crippen molar-refractivity contribution >= 4 is 17.4 Å². The molecule has 1 N–H and O–H groups in total. The molecule has 1 atom stereocenters. The Bertz CT molecular complexity index is 435. The van der Waals surface area contributed by atoms with Gasteiger partial charge in [-0.15, -0.1) is 0 Å². The van der Waals surface area contributed by atoms with Crippen molar-refractivity contribution in [3.8, 4) is 0 Å². The van der Waals surface area contributed by atoms with Crippen LogP contribution in [0, 0.1) is 5.41 Å². The number of hydrogen-bond donors (Lipinski definition) is 1. The fraction of sp³-hybridized carbons (Fsp3) is 0.562. The maximum Gasteiger partial charge on any atom is 0.155 e. The van der Waals surface area contributed by atoms with E-state index in [9.17, 15) is 4.79 Å². The summed E-state index contributed by atoms with van der Waals surface area (Å²) in [6.45, 7) is 9.99. The molecular weight excluding hydrogens is 258 g/mol. The molecule has 1 rings (SSSR count). The van der Waals surface area contributed by atoms with Crippen LogP contribution in [0.2, 0.25) is 5.02 Å². The summed E-state index contributed by atoms with van der Waals surface area (Å²) < 4.78 is 0. The number of carbonyl (C=O) groups excluding carboxylic acids is 1. The Hall–Kier alpha value is -0.860. The van der Waals surface area contributed by atoms with Crippen LogP contribution >= 0.6 is 11.6 Å². The van der Waals surface area contributed by atoms with Gasteiger partial charge in [0.05, 0.1) is 6.04 Å². The van der Waals surface area contributed by atoms with E-state index < -0.39 is 0 Å². The van der Waals surface area contributed by atoms with Crippen LogP contribution in [-0.2, 0) is 11.2 Å². The maximum atomic E-state index is 12.5. The first kappa shape index (κ1) is 16.2. The van der Waals surface area contributed by atoms with Gasteiger partial charge in [0.2, 0.25) is 0 Å². The van der Waals surface area contributed by atoms with E-state index in [1.807, 2.05) is 45.0 Å². The van der Waals surface area contributed by atoms with Crippen LogP contribution in [0.1, 0.15) is 40.2 Å². The zero-order valence-corrected chi connectivity index (χ0v) is 13.2. The molecule has 0 radical (unpaired) electrons. The highest BCUT2D eigenvalue weighted by molar-refractivity contribution is 6.30. The van der Waals surface area contributed by atoms with Crippen LogP contribution in [0.25, 0.3) is 0 Å². The van der Waals surface area contributed by atoms with Crippen molar-refractivity contribution in [1.29, 1.82) is 0 Å². The number of nitrogens with one attached hydrogen (secondary N) is 1. The lowest BCUT2D eigenvalue weighted by atomic mass is 9.84. The summed E-state index contributed by atoms with van der Waals surface area (Å²) in [5, 5.41) is 4.07. The molecular formula is C16H24ClNO. The predicted octanol–water partition coefficient (Wildman–Crippen LogP) is 3.86. The molecule has 0 heterocycles. The zero-order valence-electron chi connectivity index (χ0n) is 12.5. The maximum absolute atomic E-state index is 12.5. The molecule has 0 aliphatic heterocycles. The molecule has 0 bridgehead atoms. The summed E-state index contributed by atoms with van der Waals surface area (Å²) in [5.74, 6) is 0.237. The van der Waals surface area contributed by atoms with Crippen LogP contribution in [0.4, 0.5) is 0 Å². The van der Waals surface area contributed by atoms with Crippen molar-refractivity contribution in [3.63, 3.8) is 0 Å². The van der Waals surface area contributed by atoms with Crippen LogP contribution < -0.4 is 5.32 Å². The molecule has 19 heavy (non-hydrogen) atoms. The second-order valence-electron chi connectivity index (χ2n) is 6.32. The number of hydrogen-bond acceptors (Lipinski definition) is 2. The average molecular weight is 282 g/mol. The minimum atomic E-state index is -0.342. The molecule has 0 spiro atoms. The largest absolute Gasteiger partial charge is 0.305 e. The third-order valence-electron chi connectivity index (χ3n) is 2.92. The summed E-state index contributed by atoms with van der Waals surface area (Å²) >= 11 is 6.00. The first-order chi connectivity index (χ1) is 8.70. The molecule has 106 valence electrons. The Balaban J connectivity index is 2.89. The van der Waals surface area contributed by atoms with Gasteiger partial charge in [-0.2, -0.15) is 0 Å². The third-order valence-corrected chi connectivity index (χ3v) is 3.15. The molecule has 1 aromatic carbocycles. The SMILES string of the molecule is CC(C)N[C@H](Cc1cccc(Cl)c1)C(=O)C(C)(C)C. The van der Waals surface area contributed by atoms with E-state index in [0.717, 1.165) is 5.56 Å². The van der Waals surface area contributed by atoms with Gasteiger partial charge >= 0.3 is 0 Å². The standard InChI is InChI=1S/C16H24ClNO/c1-11(2)18-14(15(19)16(3,4)5)10-12-7-6-8-13(17)9-12/h6-9,11,14,18H,10H2,1-5H3/t14-/m1/s1. The summed E-state index contributed by atoms with van der Waals surface area (Å²) in [7, 11) is 0. The Morgan fingerprint density at radius 3 is 2.42 bits per heavy atom. The number of rotatable bonds is 5. The highest BCUT2D eigenvalue weighted by Crippen LogP contribution is 2.20. The summed E-state index contributed by atoms with van der Waals surface area (Å²) in [6.07, 6.45) is 0.675. The van der Waals surface area contributed by atoms with Crippen molar-refractivity contribution in [2.45, 2.75) is 53.1 Å². The highest BCUT2D eigenvalue weighted by Gasteiger charge is 2.29. The monoisotopic (exact) mass is 281 g/mol. The Morgan fingerprint density at radius 1 is 1.32 bits per heavy atom. The van der Waals surface area contributed by atoms with Crippen molar-refractivity contribution in [3.05, 3.63) is 34.9 Å². The molecule has 0 unspecified atom stereocenters. The smallest absolute Gasteiger partial charge is 0.155 e. The van der Waals surface area contributed by atoms with Crippen molar-refractivity contribution in [2.24, 2.45) is 5.41 Å². The minimum Gasteiger partial charge on any atom is -0.305 e. The topological polar surface area (TPSA) is 29.1 Å². The molecule has 2 nitrogen and oxygen atoms in total. The number of halogens is 1. The van der Waals surface area contributed by atoms with Gasteiger partial charge in [0.25, 0.3) is 0 Å². The normalized spacial score (nSPS) is 13.6. The van der Waals surface area contributed by atoms with Crippen molar-refractivity contribution in [2.75, 3.05) is 0 Å². The lowest BCUT2D eigenvalue weighted by Crippen LogP contribution is -2.47. The van der Waals surface area contributed by atoms with Crippen molar-refractivity contribution in [1.82, 2.24) is 5.32 Å². The number of ketones is 1. The Morgan fingerprint density at radius 2 is 1.95 bits per heavy atom. The van der Waals surface area contributed by atoms with Gasteiger partial charge in [-0.1, -0.05) is 58.4 Å². The second-order valence-corrected chi connectivity index (χ2v) is 6.76. The van der Waals surface area contributed by atoms with Crippen LogP contribution in [0.5, 0.6) is 0 Å². The summed E-state index contributed by atoms with van der Waals surface area (Å²) in [4.78, 5) is 12.5. The molecule has 1 aromatic rings. The Kier molecular flexibility index (Phi) is 5.57. The fourth-order valence-electron chi connectivity index (χ4n) is 2.05. The van der Waals surface area contributed by atoms with Gasteiger partial charge in [0.15, 0.2) is 5.78 Å². The van der Waals surface area contributed by atoms with E-state index >= 15 is 0 Å². The molecule has 0 aliphatic rings. The van der Waals surface area contributed by atoms with Crippen LogP contribution in [0.15, 0.2) is 24.3 Å². The van der Waals surface area contributed by atoms with E-state index in [-0.39, 0.29) is 23.3 Å². The molecule has 0 aromatic heterocycles. The van der Waals surface area contributed by atoms with Gasteiger partial charge < -0.3 is 5.32 Å². The van der Waals surface area contributed by atoms with E-state index in [0.29, 0.717) is 11.4 Å². The Labute approximate surface area is 121 Å². The van der Waals surface area contributed by atoms with E-state index in [1.165, 1.54) is 0 Å². The third kappa shape index (κ3) is 5.33. The molecule has 3 heteroatoms. The lowest BCUT2D eigenvalue weighted by Gasteiger charge is -2.27. The predicted molar refractivity (Wildman–Crippen MR) is 81.7 cm³/mol.